The Hall–Kier alpha value is -1.24. The molecule has 0 saturated carbocycles. The first-order valence-corrected chi connectivity index (χ1v) is 8.62. The zero-order chi connectivity index (χ0) is 16.4. The minimum atomic E-state index is -2.77. The van der Waals surface area contributed by atoms with E-state index in [0.29, 0.717) is 25.4 Å². The smallest absolute Gasteiger partial charge is 0.262 e. The van der Waals surface area contributed by atoms with Crippen LogP contribution in [0.25, 0.3) is 0 Å². The number of amides is 2. The second-order valence-electron chi connectivity index (χ2n) is 7.06. The van der Waals surface area contributed by atoms with E-state index >= 15 is 0 Å². The van der Waals surface area contributed by atoms with Gasteiger partial charge in [0.15, 0.2) is 0 Å². The summed E-state index contributed by atoms with van der Waals surface area (Å²) in [5.41, 5.74) is 0. The number of nitrogens with zero attached hydrogens (tertiary/aromatic N) is 2. The van der Waals surface area contributed by atoms with E-state index in [1.165, 1.54) is 0 Å². The third kappa shape index (κ3) is 4.00. The SMILES string of the molecule is O=C1CCCCN1CC1CCN(C(=O)C2CC(F)(F)CN2)CC1. The molecule has 5 nitrogen and oxygen atoms in total. The maximum atomic E-state index is 13.2. The first-order valence-electron chi connectivity index (χ1n) is 8.62. The van der Waals surface area contributed by atoms with E-state index in [4.69, 9.17) is 0 Å². The lowest BCUT2D eigenvalue weighted by atomic mass is 9.94. The molecule has 0 aliphatic carbocycles. The van der Waals surface area contributed by atoms with Crippen molar-refractivity contribution in [3.63, 3.8) is 0 Å². The second kappa shape index (κ2) is 6.71. The van der Waals surface area contributed by atoms with Gasteiger partial charge in [0.2, 0.25) is 11.8 Å². The van der Waals surface area contributed by atoms with Crippen molar-refractivity contribution >= 4 is 11.8 Å². The lowest BCUT2D eigenvalue weighted by Crippen LogP contribution is -2.48. The molecule has 3 saturated heterocycles. The Morgan fingerprint density at radius 2 is 1.96 bits per heavy atom. The van der Waals surface area contributed by atoms with E-state index in [1.807, 2.05) is 4.90 Å². The molecule has 3 aliphatic heterocycles. The number of piperidine rings is 2. The summed E-state index contributed by atoms with van der Waals surface area (Å²) in [6, 6.07) is -0.745. The first kappa shape index (κ1) is 16.6. The number of halogens is 2. The molecule has 23 heavy (non-hydrogen) atoms. The molecule has 7 heteroatoms. The van der Waals surface area contributed by atoms with Gasteiger partial charge in [0, 0.05) is 39.0 Å². The van der Waals surface area contributed by atoms with Gasteiger partial charge < -0.3 is 9.80 Å². The summed E-state index contributed by atoms with van der Waals surface area (Å²) < 4.78 is 26.4. The summed E-state index contributed by atoms with van der Waals surface area (Å²) in [5.74, 6) is -2.31. The predicted octanol–water partition coefficient (Wildman–Crippen LogP) is 1.23. The van der Waals surface area contributed by atoms with Gasteiger partial charge in [-0.05, 0) is 31.6 Å². The van der Waals surface area contributed by atoms with Crippen molar-refractivity contribution in [1.29, 1.82) is 0 Å². The number of carbonyl (C=O) groups is 2. The van der Waals surface area contributed by atoms with Gasteiger partial charge in [0.1, 0.15) is 0 Å². The van der Waals surface area contributed by atoms with Gasteiger partial charge in [-0.2, -0.15) is 0 Å². The van der Waals surface area contributed by atoms with E-state index in [9.17, 15) is 18.4 Å². The average Bonchev–Trinajstić information content (AvgIpc) is 2.90. The Labute approximate surface area is 135 Å². The summed E-state index contributed by atoms with van der Waals surface area (Å²) >= 11 is 0. The van der Waals surface area contributed by atoms with Crippen LogP contribution >= 0.6 is 0 Å². The quantitative estimate of drug-likeness (QED) is 0.847. The Bertz CT molecular complexity index is 464. The van der Waals surface area contributed by atoms with Crippen molar-refractivity contribution in [2.45, 2.75) is 50.5 Å². The van der Waals surface area contributed by atoms with Gasteiger partial charge in [0.05, 0.1) is 12.6 Å². The molecular weight excluding hydrogens is 304 g/mol. The number of likely N-dealkylation sites (tertiary alicyclic amines) is 2. The molecule has 0 bridgehead atoms. The fourth-order valence-corrected chi connectivity index (χ4v) is 3.81. The van der Waals surface area contributed by atoms with Crippen LogP contribution in [0.3, 0.4) is 0 Å². The monoisotopic (exact) mass is 329 g/mol. The molecule has 1 unspecified atom stereocenters. The third-order valence-electron chi connectivity index (χ3n) is 5.23. The second-order valence-corrected chi connectivity index (χ2v) is 7.06. The summed E-state index contributed by atoms with van der Waals surface area (Å²) in [7, 11) is 0. The van der Waals surface area contributed by atoms with Crippen LogP contribution in [0.1, 0.15) is 38.5 Å². The molecule has 3 rings (SSSR count). The van der Waals surface area contributed by atoms with Crippen LogP contribution in [0.15, 0.2) is 0 Å². The van der Waals surface area contributed by atoms with E-state index in [2.05, 4.69) is 5.32 Å². The van der Waals surface area contributed by atoms with E-state index in [-0.39, 0.29) is 11.8 Å². The first-order chi connectivity index (χ1) is 10.9. The van der Waals surface area contributed by atoms with Crippen molar-refractivity contribution in [3.05, 3.63) is 0 Å². The van der Waals surface area contributed by atoms with Crippen LogP contribution in [0.5, 0.6) is 0 Å². The molecular formula is C16H25F2N3O2. The summed E-state index contributed by atoms with van der Waals surface area (Å²) in [4.78, 5) is 27.8. The number of hydrogen-bond donors (Lipinski definition) is 1. The van der Waals surface area contributed by atoms with Gasteiger partial charge >= 0.3 is 0 Å². The van der Waals surface area contributed by atoms with Gasteiger partial charge in [-0.15, -0.1) is 0 Å². The lowest BCUT2D eigenvalue weighted by Gasteiger charge is -2.37. The van der Waals surface area contributed by atoms with Crippen LogP contribution < -0.4 is 5.32 Å². The average molecular weight is 329 g/mol. The molecule has 3 aliphatic rings. The van der Waals surface area contributed by atoms with Crippen molar-refractivity contribution in [3.8, 4) is 0 Å². The molecule has 3 heterocycles. The maximum Gasteiger partial charge on any atom is 0.262 e. The topological polar surface area (TPSA) is 52.7 Å². The molecule has 2 amide bonds. The number of nitrogens with one attached hydrogen (secondary N) is 1. The number of rotatable bonds is 3. The Morgan fingerprint density at radius 3 is 2.57 bits per heavy atom. The van der Waals surface area contributed by atoms with Crippen molar-refractivity contribution < 1.29 is 18.4 Å². The molecule has 1 atom stereocenters. The number of carbonyl (C=O) groups excluding carboxylic acids is 2. The number of hydrogen-bond acceptors (Lipinski definition) is 3. The Kier molecular flexibility index (Phi) is 4.85. The molecule has 0 spiro atoms. The molecule has 0 aromatic heterocycles. The summed E-state index contributed by atoms with van der Waals surface area (Å²) in [6.45, 7) is 2.43. The molecule has 0 aromatic carbocycles. The molecule has 0 aromatic rings. The van der Waals surface area contributed by atoms with Gasteiger partial charge in [-0.25, -0.2) is 8.78 Å². The van der Waals surface area contributed by atoms with Gasteiger partial charge in [-0.3, -0.25) is 14.9 Å². The maximum absolute atomic E-state index is 13.2. The van der Waals surface area contributed by atoms with E-state index < -0.39 is 24.9 Å². The highest BCUT2D eigenvalue weighted by molar-refractivity contribution is 5.82. The fraction of sp³-hybridized carbons (Fsp3) is 0.875. The fourth-order valence-electron chi connectivity index (χ4n) is 3.81. The summed E-state index contributed by atoms with van der Waals surface area (Å²) in [6.07, 6.45) is 4.01. The van der Waals surface area contributed by atoms with Gasteiger partial charge in [0.25, 0.3) is 5.92 Å². The normalized spacial score (nSPS) is 29.1. The minimum absolute atomic E-state index is 0.199. The van der Waals surface area contributed by atoms with Crippen LogP contribution in [-0.4, -0.2) is 66.3 Å². The molecule has 0 radical (unpaired) electrons. The van der Waals surface area contributed by atoms with Crippen molar-refractivity contribution in [2.75, 3.05) is 32.7 Å². The van der Waals surface area contributed by atoms with Crippen LogP contribution in [-0.2, 0) is 9.59 Å². The molecule has 1 N–H and O–H groups in total. The van der Waals surface area contributed by atoms with Crippen molar-refractivity contribution in [2.24, 2.45) is 5.92 Å². The molecule has 130 valence electrons. The molecule has 3 fully saturated rings. The highest BCUT2D eigenvalue weighted by atomic mass is 19.3. The van der Waals surface area contributed by atoms with Crippen LogP contribution in [0, 0.1) is 5.92 Å². The lowest BCUT2D eigenvalue weighted by molar-refractivity contribution is -0.137. The highest BCUT2D eigenvalue weighted by Gasteiger charge is 2.43. The zero-order valence-corrected chi connectivity index (χ0v) is 13.4. The minimum Gasteiger partial charge on any atom is -0.342 e. The Morgan fingerprint density at radius 1 is 1.22 bits per heavy atom. The van der Waals surface area contributed by atoms with E-state index in [0.717, 1.165) is 38.8 Å². The highest BCUT2D eigenvalue weighted by Crippen LogP contribution is 2.27. The van der Waals surface area contributed by atoms with Crippen LogP contribution in [0.2, 0.25) is 0 Å². The third-order valence-corrected chi connectivity index (χ3v) is 5.23. The Balaban J connectivity index is 1.45. The standard InChI is InChI=1S/C16H25F2N3O2/c17-16(18)9-13(19-11-16)15(23)20-7-4-12(5-8-20)10-21-6-2-1-3-14(21)22/h12-13,19H,1-11H2. The van der Waals surface area contributed by atoms with E-state index in [1.54, 1.807) is 4.90 Å². The van der Waals surface area contributed by atoms with Crippen LogP contribution in [0.4, 0.5) is 8.78 Å². The zero-order valence-electron chi connectivity index (χ0n) is 13.4. The predicted molar refractivity (Wildman–Crippen MR) is 81.1 cm³/mol. The number of alkyl halides is 2. The van der Waals surface area contributed by atoms with Gasteiger partial charge in [-0.1, -0.05) is 0 Å². The largest absolute Gasteiger partial charge is 0.342 e. The summed E-state index contributed by atoms with van der Waals surface area (Å²) in [5, 5.41) is 2.63. The van der Waals surface area contributed by atoms with Crippen molar-refractivity contribution in [1.82, 2.24) is 15.1 Å².